The Balaban J connectivity index is 1.51. The average molecular weight is 473 g/mol. The van der Waals surface area contributed by atoms with Gasteiger partial charge in [-0.25, -0.2) is 23.1 Å². The summed E-state index contributed by atoms with van der Waals surface area (Å²) in [6, 6.07) is 10.5. The zero-order valence-corrected chi connectivity index (χ0v) is 19.0. The number of fused-ring (bicyclic) bond motifs is 2. The molecule has 5 aromatic rings. The number of benzene rings is 1. The van der Waals surface area contributed by atoms with Gasteiger partial charge in [0.1, 0.15) is 6.33 Å². The van der Waals surface area contributed by atoms with Gasteiger partial charge in [-0.1, -0.05) is 18.2 Å². The third kappa shape index (κ3) is 4.54. The molecule has 0 radical (unpaired) electrons. The molecule has 0 amide bonds. The van der Waals surface area contributed by atoms with Crippen LogP contribution in [0.4, 0.5) is 0 Å². The molecule has 0 aliphatic heterocycles. The van der Waals surface area contributed by atoms with Crippen molar-refractivity contribution in [1.29, 1.82) is 0 Å². The summed E-state index contributed by atoms with van der Waals surface area (Å²) < 4.78 is 29.5. The number of rotatable bonds is 6. The summed E-state index contributed by atoms with van der Waals surface area (Å²) in [6.45, 7) is 0.0892. The zero-order chi connectivity index (χ0) is 23.7. The van der Waals surface area contributed by atoms with Gasteiger partial charge in [-0.2, -0.15) is 5.10 Å². The van der Waals surface area contributed by atoms with Crippen LogP contribution in [0.2, 0.25) is 0 Å². The number of sulfonamides is 1. The number of aryl methyl sites for hydroxylation is 1. The van der Waals surface area contributed by atoms with Crippen LogP contribution < -0.4 is 10.2 Å². The fraction of sp³-hybridized carbons (Fsp3) is 0.125. The van der Waals surface area contributed by atoms with E-state index in [0.29, 0.717) is 32.8 Å². The Labute approximate surface area is 195 Å². The standard InChI is InChI=1S/C24H20N6O3S/c1-30-13-20(12-28-30)19-7-22-23(27-11-19)5-4-18-3-2-16(6-21(18)24(22)31)14-34(32,33)29-10-17-8-25-15-26-9-17/h2-9,11-13,15,29H,10,14H2,1H3. The monoisotopic (exact) mass is 472 g/mol. The third-order valence-corrected chi connectivity index (χ3v) is 6.75. The lowest BCUT2D eigenvalue weighted by Crippen LogP contribution is -2.24. The molecule has 9 nitrogen and oxygen atoms in total. The zero-order valence-electron chi connectivity index (χ0n) is 18.2. The van der Waals surface area contributed by atoms with Crippen molar-refractivity contribution < 1.29 is 8.42 Å². The maximum Gasteiger partial charge on any atom is 0.216 e. The lowest BCUT2D eigenvalue weighted by Gasteiger charge is -2.07. The fourth-order valence-electron chi connectivity index (χ4n) is 3.75. The quantitative estimate of drug-likeness (QED) is 0.403. The van der Waals surface area contributed by atoms with Crippen LogP contribution in [0.5, 0.6) is 0 Å². The second kappa shape index (κ2) is 8.73. The Kier molecular flexibility index (Phi) is 5.60. The van der Waals surface area contributed by atoms with Crippen LogP contribution in [0.15, 0.2) is 78.5 Å². The van der Waals surface area contributed by atoms with Gasteiger partial charge in [0, 0.05) is 65.8 Å². The van der Waals surface area contributed by atoms with Crippen LogP contribution in [0, 0.1) is 0 Å². The predicted octanol–water partition coefficient (Wildman–Crippen LogP) is 2.56. The van der Waals surface area contributed by atoms with Gasteiger partial charge in [0.15, 0.2) is 5.43 Å². The van der Waals surface area contributed by atoms with Crippen LogP contribution in [0.1, 0.15) is 11.1 Å². The van der Waals surface area contributed by atoms with Gasteiger partial charge in [0.25, 0.3) is 0 Å². The topological polar surface area (TPSA) is 120 Å². The first-order valence-corrected chi connectivity index (χ1v) is 12.1. The number of pyridine rings is 1. The van der Waals surface area contributed by atoms with Gasteiger partial charge in [-0.05, 0) is 29.1 Å². The molecule has 0 atom stereocenters. The van der Waals surface area contributed by atoms with Crippen molar-refractivity contribution in [3.8, 4) is 11.1 Å². The van der Waals surface area contributed by atoms with Gasteiger partial charge in [-0.15, -0.1) is 0 Å². The minimum absolute atomic E-state index is 0.0892. The van der Waals surface area contributed by atoms with Crippen molar-refractivity contribution in [2.24, 2.45) is 7.05 Å². The van der Waals surface area contributed by atoms with Crippen LogP contribution in [0.25, 0.3) is 32.8 Å². The Bertz CT molecular complexity index is 1680. The highest BCUT2D eigenvalue weighted by atomic mass is 32.2. The van der Waals surface area contributed by atoms with Gasteiger partial charge < -0.3 is 0 Å². The molecule has 0 fully saturated rings. The second-order valence-electron chi connectivity index (χ2n) is 7.97. The SMILES string of the molecule is Cn1cc(-c2cnc3ccc4ccc(CS(=O)(=O)NCc5cncnc5)cc4c(=O)c3c2)cn1. The highest BCUT2D eigenvalue weighted by Gasteiger charge is 2.13. The molecular weight excluding hydrogens is 452 g/mol. The molecule has 10 heteroatoms. The van der Waals surface area contributed by atoms with Crippen molar-refractivity contribution in [3.05, 3.63) is 95.1 Å². The Hall–Kier alpha value is -4.02. The number of aromatic nitrogens is 5. The van der Waals surface area contributed by atoms with Crippen molar-refractivity contribution in [1.82, 2.24) is 29.5 Å². The molecule has 2 aromatic carbocycles. The Morgan fingerprint density at radius 2 is 1.71 bits per heavy atom. The number of nitrogens with one attached hydrogen (secondary N) is 1. The molecule has 0 aliphatic rings. The van der Waals surface area contributed by atoms with Crippen molar-refractivity contribution in [3.63, 3.8) is 0 Å². The summed E-state index contributed by atoms with van der Waals surface area (Å²) in [5.41, 5.74) is 3.16. The summed E-state index contributed by atoms with van der Waals surface area (Å²) in [4.78, 5) is 25.7. The second-order valence-corrected chi connectivity index (χ2v) is 9.78. The van der Waals surface area contributed by atoms with Crippen LogP contribution in [-0.4, -0.2) is 33.2 Å². The minimum Gasteiger partial charge on any atom is -0.289 e. The molecule has 3 heterocycles. The van der Waals surface area contributed by atoms with E-state index in [1.165, 1.54) is 6.33 Å². The highest BCUT2D eigenvalue weighted by molar-refractivity contribution is 7.88. The van der Waals surface area contributed by atoms with Crippen molar-refractivity contribution in [2.75, 3.05) is 0 Å². The largest absolute Gasteiger partial charge is 0.289 e. The molecule has 3 aromatic heterocycles. The molecular formula is C24H20N6O3S. The molecule has 0 saturated carbocycles. The molecule has 0 saturated heterocycles. The van der Waals surface area contributed by atoms with E-state index in [1.54, 1.807) is 59.8 Å². The number of nitrogens with zero attached hydrogens (tertiary/aromatic N) is 5. The van der Waals surface area contributed by atoms with E-state index in [4.69, 9.17) is 0 Å². The first kappa shape index (κ1) is 21.8. The first-order chi connectivity index (χ1) is 16.4. The van der Waals surface area contributed by atoms with Crippen molar-refractivity contribution >= 4 is 31.7 Å². The van der Waals surface area contributed by atoms with Gasteiger partial charge in [0.2, 0.25) is 10.0 Å². The van der Waals surface area contributed by atoms with E-state index < -0.39 is 10.0 Å². The summed E-state index contributed by atoms with van der Waals surface area (Å²) in [5, 5.41) is 5.78. The van der Waals surface area contributed by atoms with Gasteiger partial charge in [0.05, 0.1) is 17.5 Å². The molecule has 170 valence electrons. The third-order valence-electron chi connectivity index (χ3n) is 5.45. The summed E-state index contributed by atoms with van der Waals surface area (Å²) in [7, 11) is -1.82. The Morgan fingerprint density at radius 1 is 0.912 bits per heavy atom. The van der Waals surface area contributed by atoms with Crippen LogP contribution >= 0.6 is 0 Å². The maximum absolute atomic E-state index is 13.5. The van der Waals surface area contributed by atoms with E-state index in [1.807, 2.05) is 19.3 Å². The van der Waals surface area contributed by atoms with Crippen molar-refractivity contribution in [2.45, 2.75) is 12.3 Å². The smallest absolute Gasteiger partial charge is 0.216 e. The first-order valence-electron chi connectivity index (χ1n) is 10.4. The lowest BCUT2D eigenvalue weighted by atomic mass is 10.1. The molecule has 0 unspecified atom stereocenters. The van der Waals surface area contributed by atoms with Crippen LogP contribution in [-0.2, 0) is 29.4 Å². The lowest BCUT2D eigenvalue weighted by molar-refractivity contribution is 0.580. The maximum atomic E-state index is 13.5. The van der Waals surface area contributed by atoms with Gasteiger partial charge >= 0.3 is 0 Å². The summed E-state index contributed by atoms with van der Waals surface area (Å²) in [6.07, 6.45) is 9.76. The van der Waals surface area contributed by atoms with E-state index in [-0.39, 0.29) is 17.7 Å². The highest BCUT2D eigenvalue weighted by Crippen LogP contribution is 2.22. The van der Waals surface area contributed by atoms with Crippen LogP contribution in [0.3, 0.4) is 0 Å². The average Bonchev–Trinajstić information content (AvgIpc) is 3.22. The number of hydrogen-bond donors (Lipinski definition) is 1. The number of hydrogen-bond acceptors (Lipinski definition) is 7. The molecule has 1 N–H and O–H groups in total. The molecule has 0 bridgehead atoms. The summed E-state index contributed by atoms with van der Waals surface area (Å²) >= 11 is 0. The molecule has 0 aliphatic carbocycles. The van der Waals surface area contributed by atoms with E-state index in [0.717, 1.165) is 11.1 Å². The molecule has 34 heavy (non-hydrogen) atoms. The Morgan fingerprint density at radius 3 is 2.47 bits per heavy atom. The fourth-order valence-corrected chi connectivity index (χ4v) is 4.86. The summed E-state index contributed by atoms with van der Waals surface area (Å²) in [5.74, 6) is -0.258. The molecule has 5 rings (SSSR count). The van der Waals surface area contributed by atoms with E-state index in [2.05, 4.69) is 24.8 Å². The predicted molar refractivity (Wildman–Crippen MR) is 129 cm³/mol. The van der Waals surface area contributed by atoms with Gasteiger partial charge in [-0.3, -0.25) is 14.5 Å². The van der Waals surface area contributed by atoms with E-state index in [9.17, 15) is 13.2 Å². The molecule has 0 spiro atoms. The minimum atomic E-state index is -3.64. The van der Waals surface area contributed by atoms with E-state index >= 15 is 0 Å². The normalized spacial score (nSPS) is 11.8.